The SMILES string of the molecule is Cc1ncc(C(=O)Nc2cc(C(=O)NCc3cccnc3)c(F)cc2C)s1. The molecule has 0 fully saturated rings. The molecule has 2 aromatic heterocycles. The van der Waals surface area contributed by atoms with Gasteiger partial charge in [0.25, 0.3) is 11.8 Å². The molecule has 0 radical (unpaired) electrons. The van der Waals surface area contributed by atoms with E-state index in [0.29, 0.717) is 16.1 Å². The highest BCUT2D eigenvalue weighted by molar-refractivity contribution is 7.13. The van der Waals surface area contributed by atoms with Crippen molar-refractivity contribution in [3.05, 3.63) is 75.2 Å². The monoisotopic (exact) mass is 384 g/mol. The molecular formula is C19H17FN4O2S. The van der Waals surface area contributed by atoms with E-state index < -0.39 is 11.7 Å². The fourth-order valence-electron chi connectivity index (χ4n) is 2.41. The number of nitrogens with zero attached hydrogens (tertiary/aromatic N) is 2. The topological polar surface area (TPSA) is 84.0 Å². The summed E-state index contributed by atoms with van der Waals surface area (Å²) in [4.78, 5) is 33.1. The number of carbonyl (C=O) groups excluding carboxylic acids is 2. The maximum atomic E-state index is 14.3. The molecular weight excluding hydrogens is 367 g/mol. The third kappa shape index (κ3) is 4.53. The van der Waals surface area contributed by atoms with E-state index in [4.69, 9.17) is 0 Å². The summed E-state index contributed by atoms with van der Waals surface area (Å²) in [6.07, 6.45) is 4.73. The van der Waals surface area contributed by atoms with Crippen LogP contribution in [0.1, 0.15) is 36.2 Å². The third-order valence-corrected chi connectivity index (χ3v) is 4.74. The summed E-state index contributed by atoms with van der Waals surface area (Å²) in [5, 5.41) is 6.13. The quantitative estimate of drug-likeness (QED) is 0.705. The highest BCUT2D eigenvalue weighted by atomic mass is 32.1. The Kier molecular flexibility index (Phi) is 5.56. The summed E-state index contributed by atoms with van der Waals surface area (Å²) in [6, 6.07) is 6.13. The number of anilines is 1. The molecule has 0 aliphatic heterocycles. The average molecular weight is 384 g/mol. The van der Waals surface area contributed by atoms with Crippen molar-refractivity contribution in [1.29, 1.82) is 0 Å². The molecule has 2 heterocycles. The lowest BCUT2D eigenvalue weighted by molar-refractivity contribution is 0.0945. The van der Waals surface area contributed by atoms with Gasteiger partial charge in [0, 0.05) is 24.6 Å². The van der Waals surface area contributed by atoms with Gasteiger partial charge in [0.2, 0.25) is 0 Å². The number of carbonyl (C=O) groups is 2. The number of pyridine rings is 1. The second-order valence-electron chi connectivity index (χ2n) is 5.89. The Morgan fingerprint density at radius 1 is 1.19 bits per heavy atom. The van der Waals surface area contributed by atoms with Crippen molar-refractivity contribution in [3.8, 4) is 0 Å². The van der Waals surface area contributed by atoms with Crippen molar-refractivity contribution in [2.24, 2.45) is 0 Å². The van der Waals surface area contributed by atoms with Crippen LogP contribution in [-0.2, 0) is 6.54 Å². The van der Waals surface area contributed by atoms with Crippen LogP contribution < -0.4 is 10.6 Å². The smallest absolute Gasteiger partial charge is 0.267 e. The number of thiazole rings is 1. The lowest BCUT2D eigenvalue weighted by atomic mass is 10.1. The molecule has 0 bridgehead atoms. The summed E-state index contributed by atoms with van der Waals surface area (Å²) < 4.78 is 14.3. The lowest BCUT2D eigenvalue weighted by Crippen LogP contribution is -2.24. The average Bonchev–Trinajstić information content (AvgIpc) is 3.09. The molecule has 6 nitrogen and oxygen atoms in total. The van der Waals surface area contributed by atoms with Crippen molar-refractivity contribution in [3.63, 3.8) is 0 Å². The Morgan fingerprint density at radius 3 is 2.67 bits per heavy atom. The lowest BCUT2D eigenvalue weighted by Gasteiger charge is -2.12. The summed E-state index contributed by atoms with van der Waals surface area (Å²) in [5.74, 6) is -1.57. The molecule has 0 saturated carbocycles. The zero-order valence-electron chi connectivity index (χ0n) is 14.7. The Hall–Kier alpha value is -3.13. The number of hydrogen-bond acceptors (Lipinski definition) is 5. The third-order valence-electron chi connectivity index (χ3n) is 3.83. The minimum absolute atomic E-state index is 0.139. The molecule has 27 heavy (non-hydrogen) atoms. The van der Waals surface area contributed by atoms with Gasteiger partial charge in [-0.1, -0.05) is 6.07 Å². The van der Waals surface area contributed by atoms with Gasteiger partial charge in [0.05, 0.1) is 16.8 Å². The zero-order chi connectivity index (χ0) is 19.4. The number of aromatic nitrogens is 2. The van der Waals surface area contributed by atoms with E-state index in [1.165, 1.54) is 29.7 Å². The zero-order valence-corrected chi connectivity index (χ0v) is 15.6. The molecule has 2 amide bonds. The molecule has 138 valence electrons. The Morgan fingerprint density at radius 2 is 2.00 bits per heavy atom. The van der Waals surface area contributed by atoms with E-state index in [1.807, 2.05) is 6.07 Å². The number of halogens is 1. The maximum absolute atomic E-state index is 14.3. The second-order valence-corrected chi connectivity index (χ2v) is 7.12. The molecule has 0 aliphatic carbocycles. The molecule has 1 aromatic carbocycles. The number of nitrogens with one attached hydrogen (secondary N) is 2. The normalized spacial score (nSPS) is 10.5. The molecule has 0 unspecified atom stereocenters. The Bertz CT molecular complexity index is 989. The largest absolute Gasteiger partial charge is 0.348 e. The molecule has 0 aliphatic rings. The van der Waals surface area contributed by atoms with Gasteiger partial charge in [-0.05, 0) is 43.2 Å². The van der Waals surface area contributed by atoms with Crippen molar-refractivity contribution in [1.82, 2.24) is 15.3 Å². The fraction of sp³-hybridized carbons (Fsp3) is 0.158. The molecule has 0 spiro atoms. The molecule has 8 heteroatoms. The Balaban J connectivity index is 1.76. The van der Waals surface area contributed by atoms with Crippen LogP contribution in [0.2, 0.25) is 0 Å². The summed E-state index contributed by atoms with van der Waals surface area (Å²) >= 11 is 1.26. The van der Waals surface area contributed by atoms with Gasteiger partial charge in [-0.2, -0.15) is 0 Å². The van der Waals surface area contributed by atoms with Gasteiger partial charge in [-0.3, -0.25) is 14.6 Å². The summed E-state index contributed by atoms with van der Waals surface area (Å²) in [5.41, 5.74) is 1.55. The molecule has 0 atom stereocenters. The van der Waals surface area contributed by atoms with Gasteiger partial charge in [0.1, 0.15) is 10.7 Å². The molecule has 3 rings (SSSR count). The highest BCUT2D eigenvalue weighted by Gasteiger charge is 2.17. The minimum Gasteiger partial charge on any atom is -0.348 e. The van der Waals surface area contributed by atoms with Crippen LogP contribution in [0.3, 0.4) is 0 Å². The number of hydrogen-bond donors (Lipinski definition) is 2. The fourth-order valence-corrected chi connectivity index (χ4v) is 3.08. The van der Waals surface area contributed by atoms with E-state index in [0.717, 1.165) is 10.6 Å². The first-order valence-corrected chi connectivity index (χ1v) is 8.96. The van der Waals surface area contributed by atoms with E-state index in [9.17, 15) is 14.0 Å². The van der Waals surface area contributed by atoms with Gasteiger partial charge in [0.15, 0.2) is 0 Å². The number of aryl methyl sites for hydroxylation is 2. The van der Waals surface area contributed by atoms with Crippen LogP contribution in [0, 0.1) is 19.7 Å². The van der Waals surface area contributed by atoms with Gasteiger partial charge >= 0.3 is 0 Å². The molecule has 0 saturated heterocycles. The number of amides is 2. The van der Waals surface area contributed by atoms with E-state index >= 15 is 0 Å². The highest BCUT2D eigenvalue weighted by Crippen LogP contribution is 2.22. The van der Waals surface area contributed by atoms with Crippen molar-refractivity contribution in [2.75, 3.05) is 5.32 Å². The molecule has 2 N–H and O–H groups in total. The number of benzene rings is 1. The summed E-state index contributed by atoms with van der Waals surface area (Å²) in [6.45, 7) is 3.69. The molecule has 3 aromatic rings. The van der Waals surface area contributed by atoms with Gasteiger partial charge in [-0.15, -0.1) is 11.3 Å². The van der Waals surface area contributed by atoms with E-state index in [2.05, 4.69) is 20.6 Å². The maximum Gasteiger partial charge on any atom is 0.267 e. The van der Waals surface area contributed by atoms with E-state index in [1.54, 1.807) is 32.3 Å². The van der Waals surface area contributed by atoms with Crippen LogP contribution in [0.15, 0.2) is 42.9 Å². The number of rotatable bonds is 5. The first kappa shape index (κ1) is 18.7. The Labute approximate surface area is 159 Å². The standard InChI is InChI=1S/C19H17FN4O2S/c1-11-6-15(20)14(18(25)23-9-13-4-3-5-21-8-13)7-16(11)24-19(26)17-10-22-12(2)27-17/h3-8,10H,9H2,1-2H3,(H,23,25)(H,24,26). The van der Waals surface area contributed by atoms with Crippen LogP contribution in [0.4, 0.5) is 10.1 Å². The van der Waals surface area contributed by atoms with E-state index in [-0.39, 0.29) is 18.0 Å². The van der Waals surface area contributed by atoms with Crippen molar-refractivity contribution < 1.29 is 14.0 Å². The van der Waals surface area contributed by atoms with Gasteiger partial charge < -0.3 is 10.6 Å². The summed E-state index contributed by atoms with van der Waals surface area (Å²) in [7, 11) is 0. The van der Waals surface area contributed by atoms with Crippen LogP contribution in [0.5, 0.6) is 0 Å². The van der Waals surface area contributed by atoms with Crippen LogP contribution in [-0.4, -0.2) is 21.8 Å². The van der Waals surface area contributed by atoms with Crippen molar-refractivity contribution in [2.45, 2.75) is 20.4 Å². The van der Waals surface area contributed by atoms with Crippen LogP contribution >= 0.6 is 11.3 Å². The van der Waals surface area contributed by atoms with Crippen molar-refractivity contribution >= 4 is 28.8 Å². The van der Waals surface area contributed by atoms with Crippen LogP contribution in [0.25, 0.3) is 0 Å². The first-order chi connectivity index (χ1) is 12.9. The first-order valence-electron chi connectivity index (χ1n) is 8.15. The second kappa shape index (κ2) is 8.05. The predicted octanol–water partition coefficient (Wildman–Crippen LogP) is 3.48. The predicted molar refractivity (Wildman–Crippen MR) is 101 cm³/mol. The minimum atomic E-state index is -0.650. The van der Waals surface area contributed by atoms with Gasteiger partial charge in [-0.25, -0.2) is 9.37 Å².